The molecule has 0 spiro atoms. The van der Waals surface area contributed by atoms with Crippen LogP contribution < -0.4 is 11.1 Å². The number of benzene rings is 2. The number of rotatable bonds is 6. The number of nitrogens with zero attached hydrogens (tertiary/aromatic N) is 3. The highest BCUT2D eigenvalue weighted by Gasteiger charge is 2.02. The summed E-state index contributed by atoms with van der Waals surface area (Å²) in [7, 11) is 1.92. The van der Waals surface area contributed by atoms with E-state index in [2.05, 4.69) is 45.7 Å². The summed E-state index contributed by atoms with van der Waals surface area (Å²) in [5.74, 6) is 0.475. The quantitative estimate of drug-likeness (QED) is 0.336. The maximum atomic E-state index is 5.96. The Morgan fingerprint density at radius 1 is 1.08 bits per heavy atom. The molecule has 2 aromatic carbocycles. The van der Waals surface area contributed by atoms with E-state index < -0.39 is 0 Å². The number of aliphatic imine (C=N–C) groups is 1. The van der Waals surface area contributed by atoms with E-state index in [9.17, 15) is 0 Å². The van der Waals surface area contributed by atoms with Crippen LogP contribution in [-0.4, -0.2) is 22.3 Å². The fourth-order valence-electron chi connectivity index (χ4n) is 2.63. The Labute approximate surface area is 171 Å². The van der Waals surface area contributed by atoms with Crippen LogP contribution in [0.4, 0.5) is 0 Å². The second-order valence-corrected chi connectivity index (χ2v) is 5.97. The van der Waals surface area contributed by atoms with Gasteiger partial charge in [-0.1, -0.05) is 48.5 Å². The maximum Gasteiger partial charge on any atom is 0.188 e. The van der Waals surface area contributed by atoms with Crippen molar-refractivity contribution in [2.24, 2.45) is 17.8 Å². The molecular formula is C20H24IN5. The summed E-state index contributed by atoms with van der Waals surface area (Å²) in [6.45, 7) is 1.33. The first-order valence-electron chi connectivity index (χ1n) is 8.36. The second-order valence-electron chi connectivity index (χ2n) is 5.97. The highest BCUT2D eigenvalue weighted by Crippen LogP contribution is 2.19. The van der Waals surface area contributed by atoms with Gasteiger partial charge in [0.2, 0.25) is 0 Å². The van der Waals surface area contributed by atoms with Crippen LogP contribution in [-0.2, 0) is 20.0 Å². The van der Waals surface area contributed by atoms with Crippen LogP contribution in [0.1, 0.15) is 11.1 Å². The van der Waals surface area contributed by atoms with Gasteiger partial charge in [0.05, 0.1) is 12.7 Å². The summed E-state index contributed by atoms with van der Waals surface area (Å²) < 4.78 is 1.80. The molecular weight excluding hydrogens is 437 g/mol. The van der Waals surface area contributed by atoms with Crippen molar-refractivity contribution in [2.75, 3.05) is 6.54 Å². The molecule has 0 saturated carbocycles. The summed E-state index contributed by atoms with van der Waals surface area (Å²) >= 11 is 0. The van der Waals surface area contributed by atoms with Gasteiger partial charge in [-0.15, -0.1) is 24.0 Å². The lowest BCUT2D eigenvalue weighted by molar-refractivity contribution is 0.768. The molecule has 1 heterocycles. The van der Waals surface area contributed by atoms with Crippen LogP contribution >= 0.6 is 24.0 Å². The molecule has 26 heavy (non-hydrogen) atoms. The van der Waals surface area contributed by atoms with E-state index in [4.69, 9.17) is 5.73 Å². The molecule has 0 unspecified atom stereocenters. The van der Waals surface area contributed by atoms with E-state index in [1.54, 1.807) is 4.68 Å². The van der Waals surface area contributed by atoms with E-state index in [0.29, 0.717) is 12.5 Å². The molecule has 0 fully saturated rings. The van der Waals surface area contributed by atoms with Gasteiger partial charge in [0, 0.05) is 25.4 Å². The zero-order valence-corrected chi connectivity index (χ0v) is 17.1. The lowest BCUT2D eigenvalue weighted by atomic mass is 10.1. The van der Waals surface area contributed by atoms with Gasteiger partial charge in [0.1, 0.15) is 0 Å². The first kappa shape index (κ1) is 20.0. The fourth-order valence-corrected chi connectivity index (χ4v) is 2.63. The summed E-state index contributed by atoms with van der Waals surface area (Å²) in [6.07, 6.45) is 4.79. The van der Waals surface area contributed by atoms with Crippen LogP contribution in [0.15, 0.2) is 72.0 Å². The summed E-state index contributed by atoms with van der Waals surface area (Å²) in [6, 6.07) is 18.6. The molecule has 5 nitrogen and oxygen atoms in total. The van der Waals surface area contributed by atoms with Crippen molar-refractivity contribution in [3.63, 3.8) is 0 Å². The number of nitrogens with two attached hydrogens (primary N) is 1. The monoisotopic (exact) mass is 461 g/mol. The van der Waals surface area contributed by atoms with Gasteiger partial charge in [0.15, 0.2) is 5.96 Å². The van der Waals surface area contributed by atoms with E-state index in [1.807, 2.05) is 43.7 Å². The average molecular weight is 461 g/mol. The van der Waals surface area contributed by atoms with Gasteiger partial charge >= 0.3 is 0 Å². The molecule has 0 bridgehead atoms. The Morgan fingerprint density at radius 2 is 1.85 bits per heavy atom. The molecule has 0 atom stereocenters. The molecule has 0 amide bonds. The van der Waals surface area contributed by atoms with Gasteiger partial charge in [-0.25, -0.2) is 4.99 Å². The number of halogens is 1. The average Bonchev–Trinajstić information content (AvgIpc) is 3.08. The van der Waals surface area contributed by atoms with E-state index in [0.717, 1.165) is 29.7 Å². The van der Waals surface area contributed by atoms with Gasteiger partial charge in [0.25, 0.3) is 0 Å². The number of hydrogen-bond donors (Lipinski definition) is 2. The molecule has 3 rings (SSSR count). The van der Waals surface area contributed by atoms with Gasteiger partial charge in [-0.3, -0.25) is 4.68 Å². The summed E-state index contributed by atoms with van der Waals surface area (Å²) in [5.41, 5.74) is 10.6. The van der Waals surface area contributed by atoms with Crippen molar-refractivity contribution < 1.29 is 0 Å². The Balaban J connectivity index is 0.00000243. The number of guanidine groups is 1. The largest absolute Gasteiger partial charge is 0.370 e. The minimum atomic E-state index is 0. The minimum Gasteiger partial charge on any atom is -0.370 e. The Kier molecular flexibility index (Phi) is 7.65. The normalized spacial score (nSPS) is 11.0. The number of aryl methyl sites for hydroxylation is 1. The van der Waals surface area contributed by atoms with Gasteiger partial charge in [-0.05, 0) is 29.2 Å². The molecule has 0 aliphatic heterocycles. The van der Waals surface area contributed by atoms with Crippen LogP contribution in [0.25, 0.3) is 11.1 Å². The Morgan fingerprint density at radius 3 is 2.58 bits per heavy atom. The first-order chi connectivity index (χ1) is 12.2. The molecule has 3 N–H and O–H groups in total. The third kappa shape index (κ3) is 5.87. The zero-order valence-electron chi connectivity index (χ0n) is 14.8. The summed E-state index contributed by atoms with van der Waals surface area (Å²) in [4.78, 5) is 4.43. The number of hydrogen-bond acceptors (Lipinski definition) is 2. The zero-order chi connectivity index (χ0) is 17.5. The predicted molar refractivity (Wildman–Crippen MR) is 118 cm³/mol. The third-order valence-electron chi connectivity index (χ3n) is 3.96. The molecule has 136 valence electrons. The molecule has 6 heteroatoms. The Bertz CT molecular complexity index is 842. The Hall–Kier alpha value is -2.35. The lowest BCUT2D eigenvalue weighted by Gasteiger charge is -2.06. The van der Waals surface area contributed by atoms with Crippen molar-refractivity contribution in [2.45, 2.75) is 13.0 Å². The van der Waals surface area contributed by atoms with Crippen LogP contribution in [0.5, 0.6) is 0 Å². The van der Waals surface area contributed by atoms with Crippen molar-refractivity contribution in [3.8, 4) is 11.1 Å². The molecule has 3 aromatic rings. The molecule has 0 aliphatic rings. The molecule has 0 radical (unpaired) electrons. The van der Waals surface area contributed by atoms with Crippen molar-refractivity contribution >= 4 is 29.9 Å². The lowest BCUT2D eigenvalue weighted by Crippen LogP contribution is -2.33. The summed E-state index contributed by atoms with van der Waals surface area (Å²) in [5, 5.41) is 7.38. The number of aromatic nitrogens is 2. The third-order valence-corrected chi connectivity index (χ3v) is 3.96. The highest BCUT2D eigenvalue weighted by atomic mass is 127. The first-order valence-corrected chi connectivity index (χ1v) is 8.36. The predicted octanol–water partition coefficient (Wildman–Crippen LogP) is 3.35. The fraction of sp³-hybridized carbons (Fsp3) is 0.200. The maximum absolute atomic E-state index is 5.96. The van der Waals surface area contributed by atoms with E-state index in [-0.39, 0.29) is 24.0 Å². The second kappa shape index (κ2) is 9.96. The van der Waals surface area contributed by atoms with E-state index in [1.165, 1.54) is 5.56 Å². The number of nitrogens with one attached hydrogen (secondary N) is 1. The molecule has 0 saturated heterocycles. The van der Waals surface area contributed by atoms with Crippen molar-refractivity contribution in [1.29, 1.82) is 0 Å². The smallest absolute Gasteiger partial charge is 0.188 e. The minimum absolute atomic E-state index is 0. The topological polar surface area (TPSA) is 68.2 Å². The van der Waals surface area contributed by atoms with Crippen molar-refractivity contribution in [1.82, 2.24) is 15.1 Å². The molecule has 0 aliphatic carbocycles. The molecule has 1 aromatic heterocycles. The van der Waals surface area contributed by atoms with Crippen molar-refractivity contribution in [3.05, 3.63) is 78.1 Å². The van der Waals surface area contributed by atoms with Gasteiger partial charge in [-0.2, -0.15) is 5.10 Å². The van der Waals surface area contributed by atoms with Crippen LogP contribution in [0.3, 0.4) is 0 Å². The SMILES string of the molecule is Cn1cc(-c2cccc(CN=C(N)NCCc3ccccc3)c2)cn1.I. The standard InChI is InChI=1S/C20H23N5.HI/c1-25-15-19(14-24-25)18-9-5-8-17(12-18)13-23-20(21)22-11-10-16-6-3-2-4-7-16;/h2-9,12,14-15H,10-11,13H2,1H3,(H3,21,22,23);1H. The van der Waals surface area contributed by atoms with Crippen LogP contribution in [0, 0.1) is 0 Å². The highest BCUT2D eigenvalue weighted by molar-refractivity contribution is 14.0. The van der Waals surface area contributed by atoms with E-state index >= 15 is 0 Å². The van der Waals surface area contributed by atoms with Crippen LogP contribution in [0.2, 0.25) is 0 Å². The van der Waals surface area contributed by atoms with Gasteiger partial charge < -0.3 is 11.1 Å².